The van der Waals surface area contributed by atoms with Crippen molar-refractivity contribution in [3.05, 3.63) is 87.8 Å². The van der Waals surface area contributed by atoms with Crippen molar-refractivity contribution in [3.8, 4) is 6.07 Å². The van der Waals surface area contributed by atoms with E-state index in [-0.39, 0.29) is 0 Å². The number of imidazole rings is 1. The SMILES string of the molecule is CC1=CC(C)(S(=O)(=O)n2ccc3c(Cc4nc5ccc(C#N)cc5n4COCC[Si](C)(C)C)ccc(Br)c32)CC=C1. The van der Waals surface area contributed by atoms with Gasteiger partial charge in [0.15, 0.2) is 0 Å². The fourth-order valence-electron chi connectivity index (χ4n) is 5.30. The van der Waals surface area contributed by atoms with Crippen LogP contribution in [0.4, 0.5) is 0 Å². The number of nitrogens with zero attached hydrogens (tertiary/aromatic N) is 4. The molecule has 0 saturated carbocycles. The molecule has 1 atom stereocenters. The van der Waals surface area contributed by atoms with E-state index in [2.05, 4.69) is 41.6 Å². The summed E-state index contributed by atoms with van der Waals surface area (Å²) in [5.74, 6) is 0.797. The molecule has 0 bridgehead atoms. The van der Waals surface area contributed by atoms with Crippen molar-refractivity contribution in [1.82, 2.24) is 13.5 Å². The van der Waals surface area contributed by atoms with Gasteiger partial charge in [0, 0.05) is 37.2 Å². The Kier molecular flexibility index (Phi) is 7.94. The maximum absolute atomic E-state index is 14.0. The zero-order valence-electron chi connectivity index (χ0n) is 24.1. The number of halogens is 1. The predicted octanol–water partition coefficient (Wildman–Crippen LogP) is 7.37. The van der Waals surface area contributed by atoms with Crippen molar-refractivity contribution in [1.29, 1.82) is 5.26 Å². The molecule has 214 valence electrons. The second kappa shape index (κ2) is 11.0. The van der Waals surface area contributed by atoms with Gasteiger partial charge in [-0.15, -0.1) is 0 Å². The van der Waals surface area contributed by atoms with Gasteiger partial charge in [-0.3, -0.25) is 0 Å². The number of ether oxygens (including phenoxy) is 1. The van der Waals surface area contributed by atoms with E-state index in [1.54, 1.807) is 19.2 Å². The first-order valence-corrected chi connectivity index (χ1v) is 19.6. The van der Waals surface area contributed by atoms with Crippen LogP contribution in [0.2, 0.25) is 25.7 Å². The molecule has 0 saturated heterocycles. The van der Waals surface area contributed by atoms with E-state index < -0.39 is 22.8 Å². The summed E-state index contributed by atoms with van der Waals surface area (Å²) < 4.78 is 37.3. The molecule has 0 N–H and O–H groups in total. The first-order valence-electron chi connectivity index (χ1n) is 13.7. The van der Waals surface area contributed by atoms with Crippen LogP contribution in [0.15, 0.2) is 70.9 Å². The maximum atomic E-state index is 14.0. The second-order valence-electron chi connectivity index (χ2n) is 12.2. The van der Waals surface area contributed by atoms with E-state index in [0.717, 1.165) is 39.4 Å². The lowest BCUT2D eigenvalue weighted by Crippen LogP contribution is -2.38. The zero-order valence-corrected chi connectivity index (χ0v) is 27.5. The first-order chi connectivity index (χ1) is 19.3. The number of fused-ring (bicyclic) bond motifs is 2. The van der Waals surface area contributed by atoms with Crippen molar-refractivity contribution >= 4 is 56.0 Å². The lowest BCUT2D eigenvalue weighted by Gasteiger charge is -2.28. The van der Waals surface area contributed by atoms with Crippen molar-refractivity contribution in [3.63, 3.8) is 0 Å². The Hall–Kier alpha value is -2.97. The van der Waals surface area contributed by atoms with E-state index in [1.165, 1.54) is 3.97 Å². The van der Waals surface area contributed by atoms with Gasteiger partial charge in [0.05, 0.1) is 28.2 Å². The predicted molar refractivity (Wildman–Crippen MR) is 171 cm³/mol. The summed E-state index contributed by atoms with van der Waals surface area (Å²) in [6.07, 6.45) is 8.26. The summed E-state index contributed by atoms with van der Waals surface area (Å²) in [6, 6.07) is 14.5. The van der Waals surface area contributed by atoms with Crippen LogP contribution in [0.1, 0.15) is 37.2 Å². The van der Waals surface area contributed by atoms with Gasteiger partial charge < -0.3 is 9.30 Å². The number of allylic oxidation sites excluding steroid dienone is 3. The standard InChI is InChI=1S/C31H35BrN4O3SSi/c1-22-7-6-13-31(2,19-22)40(37,38)36-14-12-25-24(9-10-26(32)30(25)36)18-29-34-27-11-8-23(20-33)17-28(27)35(29)21-39-15-16-41(3,4)5/h6-12,14,17,19H,13,15-16,18,21H2,1-5H3. The van der Waals surface area contributed by atoms with Crippen LogP contribution in [0.3, 0.4) is 0 Å². The highest BCUT2D eigenvalue weighted by atomic mass is 79.9. The summed E-state index contributed by atoms with van der Waals surface area (Å²) in [6.45, 7) is 11.7. The molecule has 1 unspecified atom stereocenters. The Morgan fingerprint density at radius 1 is 1.20 bits per heavy atom. The number of nitriles is 1. The molecule has 5 rings (SSSR count). The van der Waals surface area contributed by atoms with Crippen LogP contribution < -0.4 is 0 Å². The first kappa shape index (κ1) is 29.5. The van der Waals surface area contributed by atoms with E-state index in [9.17, 15) is 13.7 Å². The largest absolute Gasteiger partial charge is 0.361 e. The number of benzene rings is 2. The topological polar surface area (TPSA) is 89.9 Å². The lowest BCUT2D eigenvalue weighted by molar-refractivity contribution is 0.0881. The molecule has 1 aliphatic carbocycles. The molecule has 4 aromatic rings. The van der Waals surface area contributed by atoms with Crippen LogP contribution in [0.25, 0.3) is 21.9 Å². The molecule has 1 aliphatic rings. The van der Waals surface area contributed by atoms with Crippen LogP contribution in [0.5, 0.6) is 0 Å². The number of aromatic nitrogens is 3. The normalized spacial score (nSPS) is 17.7. The maximum Gasteiger partial charge on any atom is 0.248 e. The van der Waals surface area contributed by atoms with Crippen LogP contribution in [-0.4, -0.2) is 41.4 Å². The fraction of sp³-hybridized carbons (Fsp3) is 0.355. The summed E-state index contributed by atoms with van der Waals surface area (Å²) >= 11 is 3.63. The highest BCUT2D eigenvalue weighted by Gasteiger charge is 2.39. The van der Waals surface area contributed by atoms with Crippen molar-refractivity contribution < 1.29 is 13.2 Å². The number of hydrogen-bond donors (Lipinski definition) is 0. The third-order valence-electron chi connectivity index (χ3n) is 7.66. The molecule has 10 heteroatoms. The van der Waals surface area contributed by atoms with Gasteiger partial charge in [-0.25, -0.2) is 17.4 Å². The molecular weight excluding hydrogens is 616 g/mol. The summed E-state index contributed by atoms with van der Waals surface area (Å²) in [7, 11) is -5.01. The van der Waals surface area contributed by atoms with Gasteiger partial charge in [-0.05, 0) is 78.1 Å². The van der Waals surface area contributed by atoms with Crippen molar-refractivity contribution in [2.24, 2.45) is 0 Å². The minimum Gasteiger partial charge on any atom is -0.361 e. The smallest absolute Gasteiger partial charge is 0.248 e. The molecule has 41 heavy (non-hydrogen) atoms. The molecule has 2 aromatic heterocycles. The molecular formula is C31H35BrN4O3SSi. The highest BCUT2D eigenvalue weighted by Crippen LogP contribution is 2.37. The van der Waals surface area contributed by atoms with E-state index >= 15 is 0 Å². The molecule has 0 amide bonds. The molecule has 2 aromatic carbocycles. The van der Waals surface area contributed by atoms with Crippen molar-refractivity contribution in [2.75, 3.05) is 6.61 Å². The van der Waals surface area contributed by atoms with Gasteiger partial charge in [0.25, 0.3) is 0 Å². The molecule has 2 heterocycles. The van der Waals surface area contributed by atoms with Gasteiger partial charge >= 0.3 is 0 Å². The van der Waals surface area contributed by atoms with Gasteiger partial charge in [-0.1, -0.05) is 49.5 Å². The monoisotopic (exact) mass is 650 g/mol. The summed E-state index contributed by atoms with van der Waals surface area (Å²) in [5, 5.41) is 10.3. The Morgan fingerprint density at radius 2 is 1.98 bits per heavy atom. The Balaban J connectivity index is 1.56. The van der Waals surface area contributed by atoms with Gasteiger partial charge in [0.2, 0.25) is 10.0 Å². The molecule has 0 spiro atoms. The van der Waals surface area contributed by atoms with E-state index in [4.69, 9.17) is 9.72 Å². The molecule has 0 radical (unpaired) electrons. The minimum absolute atomic E-state index is 0.331. The van der Waals surface area contributed by atoms with Gasteiger partial charge in [-0.2, -0.15) is 5.26 Å². The van der Waals surface area contributed by atoms with Crippen molar-refractivity contribution in [2.45, 2.75) is 63.9 Å². The summed E-state index contributed by atoms with van der Waals surface area (Å²) in [5.41, 5.74) is 4.71. The number of hydrogen-bond acceptors (Lipinski definition) is 5. The Labute approximate surface area is 251 Å². The van der Waals surface area contributed by atoms with Crippen LogP contribution in [0, 0.1) is 11.3 Å². The minimum atomic E-state index is -3.76. The highest BCUT2D eigenvalue weighted by molar-refractivity contribution is 9.10. The molecule has 7 nitrogen and oxygen atoms in total. The quantitative estimate of drug-likeness (QED) is 0.139. The average molecular weight is 652 g/mol. The lowest BCUT2D eigenvalue weighted by atomic mass is 9.98. The third kappa shape index (κ3) is 5.73. The van der Waals surface area contributed by atoms with Gasteiger partial charge in [0.1, 0.15) is 17.3 Å². The average Bonchev–Trinajstić information content (AvgIpc) is 3.50. The Morgan fingerprint density at radius 3 is 2.68 bits per heavy atom. The third-order valence-corrected chi connectivity index (χ3v) is 12.3. The Bertz CT molecular complexity index is 1860. The van der Waals surface area contributed by atoms with E-state index in [1.807, 2.05) is 60.1 Å². The molecule has 0 fully saturated rings. The number of rotatable bonds is 9. The fourth-order valence-corrected chi connectivity index (χ4v) is 8.46. The molecule has 0 aliphatic heterocycles. The van der Waals surface area contributed by atoms with Crippen LogP contribution in [-0.2, 0) is 27.9 Å². The zero-order chi connectivity index (χ0) is 29.6. The van der Waals surface area contributed by atoms with Crippen LogP contribution >= 0.6 is 15.9 Å². The summed E-state index contributed by atoms with van der Waals surface area (Å²) in [4.78, 5) is 4.92. The second-order valence-corrected chi connectivity index (χ2v) is 20.9. The van der Waals surface area contributed by atoms with E-state index in [0.29, 0.717) is 41.7 Å².